The summed E-state index contributed by atoms with van der Waals surface area (Å²) >= 11 is 1.67. The smallest absolute Gasteiger partial charge is 0.254 e. The fourth-order valence-corrected chi connectivity index (χ4v) is 3.88. The number of ether oxygens (including phenoxy) is 1. The largest absolute Gasteiger partial charge is 0.375 e. The van der Waals surface area contributed by atoms with E-state index in [9.17, 15) is 4.79 Å². The first kappa shape index (κ1) is 18.0. The van der Waals surface area contributed by atoms with Crippen molar-refractivity contribution in [2.75, 3.05) is 19.7 Å². The second-order valence-electron chi connectivity index (χ2n) is 6.83. The lowest BCUT2D eigenvalue weighted by Crippen LogP contribution is -2.45. The molecule has 1 aliphatic rings. The van der Waals surface area contributed by atoms with Gasteiger partial charge in [0.2, 0.25) is 0 Å². The van der Waals surface area contributed by atoms with Crippen LogP contribution in [0.25, 0.3) is 0 Å². The van der Waals surface area contributed by atoms with Crippen LogP contribution in [0.4, 0.5) is 0 Å². The summed E-state index contributed by atoms with van der Waals surface area (Å²) < 4.78 is 5.85. The van der Waals surface area contributed by atoms with E-state index in [-0.39, 0.29) is 12.0 Å². The topological polar surface area (TPSA) is 55.3 Å². The van der Waals surface area contributed by atoms with Gasteiger partial charge in [0.15, 0.2) is 0 Å². The lowest BCUT2D eigenvalue weighted by molar-refractivity contribution is -0.0246. The SMILES string of the molecule is Cc1cc(CC[C@@H]2CN(C(=O)c3csc(C(C)C)c3)CCO2)ncn1. The summed E-state index contributed by atoms with van der Waals surface area (Å²) in [4.78, 5) is 24.4. The van der Waals surface area contributed by atoms with Crippen LogP contribution in [-0.2, 0) is 11.2 Å². The monoisotopic (exact) mass is 359 g/mol. The Morgan fingerprint density at radius 2 is 2.24 bits per heavy atom. The zero-order valence-corrected chi connectivity index (χ0v) is 15.9. The molecule has 3 heterocycles. The molecule has 1 amide bonds. The first-order chi connectivity index (χ1) is 12.0. The van der Waals surface area contributed by atoms with Crippen molar-refractivity contribution in [1.82, 2.24) is 14.9 Å². The summed E-state index contributed by atoms with van der Waals surface area (Å²) in [5.74, 6) is 0.578. The molecule has 0 N–H and O–H groups in total. The number of aromatic nitrogens is 2. The van der Waals surface area contributed by atoms with E-state index in [1.54, 1.807) is 17.7 Å². The summed E-state index contributed by atoms with van der Waals surface area (Å²) in [6.45, 7) is 8.18. The molecule has 1 fully saturated rings. The Morgan fingerprint density at radius 3 is 2.96 bits per heavy atom. The van der Waals surface area contributed by atoms with Crippen LogP contribution in [0.15, 0.2) is 23.8 Å². The van der Waals surface area contributed by atoms with Gasteiger partial charge in [0.1, 0.15) is 6.33 Å². The van der Waals surface area contributed by atoms with Crippen molar-refractivity contribution < 1.29 is 9.53 Å². The molecule has 0 radical (unpaired) electrons. The molecule has 1 aliphatic heterocycles. The molecule has 2 aromatic rings. The second kappa shape index (κ2) is 8.06. The molecule has 1 atom stereocenters. The predicted octanol–water partition coefficient (Wildman–Crippen LogP) is 3.44. The zero-order valence-electron chi connectivity index (χ0n) is 15.1. The Bertz CT molecular complexity index is 729. The highest BCUT2D eigenvalue weighted by Gasteiger charge is 2.25. The molecule has 1 saturated heterocycles. The number of amides is 1. The van der Waals surface area contributed by atoms with Gasteiger partial charge >= 0.3 is 0 Å². The Labute approximate surface area is 153 Å². The van der Waals surface area contributed by atoms with E-state index in [1.807, 2.05) is 29.3 Å². The molecular weight excluding hydrogens is 334 g/mol. The number of hydrogen-bond acceptors (Lipinski definition) is 5. The van der Waals surface area contributed by atoms with Crippen LogP contribution in [0.2, 0.25) is 0 Å². The number of morpholine rings is 1. The maximum Gasteiger partial charge on any atom is 0.254 e. The van der Waals surface area contributed by atoms with Crippen molar-refractivity contribution in [3.63, 3.8) is 0 Å². The lowest BCUT2D eigenvalue weighted by Gasteiger charge is -2.33. The molecule has 25 heavy (non-hydrogen) atoms. The summed E-state index contributed by atoms with van der Waals surface area (Å²) in [5, 5.41) is 1.98. The molecule has 2 aromatic heterocycles. The first-order valence-corrected chi connectivity index (χ1v) is 9.67. The van der Waals surface area contributed by atoms with Gasteiger partial charge in [-0.2, -0.15) is 0 Å². The maximum atomic E-state index is 12.8. The third-order valence-corrected chi connectivity index (χ3v) is 5.68. The van der Waals surface area contributed by atoms with E-state index in [2.05, 4.69) is 23.8 Å². The summed E-state index contributed by atoms with van der Waals surface area (Å²) in [7, 11) is 0. The number of hydrogen-bond donors (Lipinski definition) is 0. The van der Waals surface area contributed by atoms with Gasteiger partial charge < -0.3 is 9.64 Å². The highest BCUT2D eigenvalue weighted by atomic mass is 32.1. The minimum atomic E-state index is 0.0659. The van der Waals surface area contributed by atoms with Gasteiger partial charge in [-0.3, -0.25) is 4.79 Å². The Balaban J connectivity index is 1.57. The average molecular weight is 359 g/mol. The van der Waals surface area contributed by atoms with E-state index in [4.69, 9.17) is 4.74 Å². The lowest BCUT2D eigenvalue weighted by atomic mass is 10.1. The van der Waals surface area contributed by atoms with Crippen LogP contribution in [0.5, 0.6) is 0 Å². The number of carbonyl (C=O) groups excluding carboxylic acids is 1. The van der Waals surface area contributed by atoms with Gasteiger partial charge in [0, 0.05) is 34.7 Å². The molecule has 5 nitrogen and oxygen atoms in total. The Morgan fingerprint density at radius 1 is 1.40 bits per heavy atom. The number of carbonyl (C=O) groups is 1. The fourth-order valence-electron chi connectivity index (χ4n) is 2.98. The number of thiophene rings is 1. The summed E-state index contributed by atoms with van der Waals surface area (Å²) in [6, 6.07) is 4.04. The third kappa shape index (κ3) is 4.64. The molecule has 134 valence electrons. The third-order valence-electron chi connectivity index (χ3n) is 4.44. The standard InChI is InChI=1S/C19H25N3O2S/c1-13(2)18-9-15(11-25-18)19(23)22-6-7-24-17(10-22)5-4-16-8-14(3)20-12-21-16/h8-9,11-13,17H,4-7,10H2,1-3H3/t17-/m1/s1. The summed E-state index contributed by atoms with van der Waals surface area (Å²) in [5.41, 5.74) is 2.81. The molecule has 0 bridgehead atoms. The molecule has 0 spiro atoms. The van der Waals surface area contributed by atoms with Crippen LogP contribution in [0, 0.1) is 6.92 Å². The highest BCUT2D eigenvalue weighted by molar-refractivity contribution is 7.10. The average Bonchev–Trinajstić information content (AvgIpc) is 3.10. The van der Waals surface area contributed by atoms with Crippen LogP contribution in [0.3, 0.4) is 0 Å². The second-order valence-corrected chi connectivity index (χ2v) is 7.77. The highest BCUT2D eigenvalue weighted by Crippen LogP contribution is 2.24. The molecular formula is C19H25N3O2S. The molecule has 0 aromatic carbocycles. The fraction of sp³-hybridized carbons (Fsp3) is 0.526. The van der Waals surface area contributed by atoms with Crippen molar-refractivity contribution >= 4 is 17.2 Å². The minimum absolute atomic E-state index is 0.0659. The van der Waals surface area contributed by atoms with Gasteiger partial charge in [-0.05, 0) is 37.8 Å². The molecule has 0 unspecified atom stereocenters. The number of aryl methyl sites for hydroxylation is 2. The number of nitrogens with zero attached hydrogens (tertiary/aromatic N) is 3. The van der Waals surface area contributed by atoms with Gasteiger partial charge in [-0.1, -0.05) is 13.8 Å². The van der Waals surface area contributed by atoms with Crippen molar-refractivity contribution in [3.8, 4) is 0 Å². The van der Waals surface area contributed by atoms with Crippen LogP contribution < -0.4 is 0 Å². The quantitative estimate of drug-likeness (QED) is 0.820. The Kier molecular flexibility index (Phi) is 5.81. The van der Waals surface area contributed by atoms with Crippen molar-refractivity contribution in [3.05, 3.63) is 45.7 Å². The van der Waals surface area contributed by atoms with Crippen molar-refractivity contribution in [2.45, 2.75) is 45.6 Å². The molecule has 6 heteroatoms. The van der Waals surface area contributed by atoms with Gasteiger partial charge in [-0.15, -0.1) is 11.3 Å². The van der Waals surface area contributed by atoms with Gasteiger partial charge in [-0.25, -0.2) is 9.97 Å². The van der Waals surface area contributed by atoms with E-state index in [0.29, 0.717) is 25.6 Å². The van der Waals surface area contributed by atoms with Gasteiger partial charge in [0.25, 0.3) is 5.91 Å². The van der Waals surface area contributed by atoms with E-state index < -0.39 is 0 Å². The van der Waals surface area contributed by atoms with Crippen molar-refractivity contribution in [1.29, 1.82) is 0 Å². The zero-order chi connectivity index (χ0) is 17.8. The van der Waals surface area contributed by atoms with E-state index in [1.165, 1.54) is 4.88 Å². The number of rotatable bonds is 5. The normalized spacial score (nSPS) is 17.9. The molecule has 3 rings (SSSR count). The van der Waals surface area contributed by atoms with E-state index in [0.717, 1.165) is 29.8 Å². The first-order valence-electron chi connectivity index (χ1n) is 8.79. The molecule has 0 aliphatic carbocycles. The van der Waals surface area contributed by atoms with Gasteiger partial charge in [0.05, 0.1) is 18.3 Å². The summed E-state index contributed by atoms with van der Waals surface area (Å²) in [6.07, 6.45) is 3.37. The van der Waals surface area contributed by atoms with Crippen LogP contribution in [0.1, 0.15) is 52.8 Å². The minimum Gasteiger partial charge on any atom is -0.375 e. The van der Waals surface area contributed by atoms with Crippen molar-refractivity contribution in [2.24, 2.45) is 0 Å². The predicted molar refractivity (Wildman–Crippen MR) is 99.1 cm³/mol. The molecule has 0 saturated carbocycles. The van der Waals surface area contributed by atoms with E-state index >= 15 is 0 Å². The maximum absolute atomic E-state index is 12.8. The van der Waals surface area contributed by atoms with Crippen LogP contribution in [-0.4, -0.2) is 46.6 Å². The van der Waals surface area contributed by atoms with Crippen LogP contribution >= 0.6 is 11.3 Å². The Hall–Kier alpha value is -1.79.